The van der Waals surface area contributed by atoms with Gasteiger partial charge in [-0.2, -0.15) is 8.61 Å². The number of benzene rings is 3. The van der Waals surface area contributed by atoms with Crippen molar-refractivity contribution in [3.05, 3.63) is 71.8 Å². The van der Waals surface area contributed by atoms with E-state index in [9.17, 15) is 16.8 Å². The molecular formula is C29H34N2O8S2. The minimum atomic E-state index is -4.06. The molecule has 2 aliphatic heterocycles. The molecule has 0 aromatic heterocycles. The molecular weight excluding hydrogens is 568 g/mol. The van der Waals surface area contributed by atoms with E-state index in [1.54, 1.807) is 36.4 Å². The molecule has 3 aromatic carbocycles. The van der Waals surface area contributed by atoms with Gasteiger partial charge in [-0.05, 0) is 78.4 Å². The molecule has 0 saturated carbocycles. The zero-order valence-electron chi connectivity index (χ0n) is 23.3. The van der Waals surface area contributed by atoms with Gasteiger partial charge in [0.15, 0.2) is 23.0 Å². The monoisotopic (exact) mass is 602 g/mol. The summed E-state index contributed by atoms with van der Waals surface area (Å²) < 4.78 is 78.9. The fraction of sp³-hybridized carbons (Fsp3) is 0.379. The number of hydrogen-bond donors (Lipinski definition) is 0. The van der Waals surface area contributed by atoms with Crippen LogP contribution in [0.15, 0.2) is 70.5 Å². The van der Waals surface area contributed by atoms with Crippen molar-refractivity contribution < 1.29 is 35.8 Å². The van der Waals surface area contributed by atoms with Crippen LogP contribution in [0.2, 0.25) is 0 Å². The van der Waals surface area contributed by atoms with Crippen molar-refractivity contribution >= 4 is 20.0 Å². The Balaban J connectivity index is 1.46. The molecule has 41 heavy (non-hydrogen) atoms. The van der Waals surface area contributed by atoms with Crippen molar-refractivity contribution in [3.63, 3.8) is 0 Å². The van der Waals surface area contributed by atoms with E-state index in [-0.39, 0.29) is 35.6 Å². The fourth-order valence-corrected chi connectivity index (χ4v) is 8.11. The maximum atomic E-state index is 14.0. The van der Waals surface area contributed by atoms with Crippen molar-refractivity contribution in [2.24, 2.45) is 5.92 Å². The van der Waals surface area contributed by atoms with Crippen LogP contribution in [0.4, 0.5) is 0 Å². The molecule has 0 spiro atoms. The lowest BCUT2D eigenvalue weighted by atomic mass is 10.0. The van der Waals surface area contributed by atoms with Crippen molar-refractivity contribution in [1.82, 2.24) is 8.61 Å². The molecule has 2 heterocycles. The Morgan fingerprint density at radius 3 is 2.15 bits per heavy atom. The molecule has 2 aliphatic rings. The molecule has 1 unspecified atom stereocenters. The number of methoxy groups -OCH3 is 2. The zero-order valence-corrected chi connectivity index (χ0v) is 24.9. The van der Waals surface area contributed by atoms with Crippen LogP contribution in [-0.4, -0.2) is 59.5 Å². The summed E-state index contributed by atoms with van der Waals surface area (Å²) in [5, 5.41) is 0. The molecule has 1 fully saturated rings. The lowest BCUT2D eigenvalue weighted by Crippen LogP contribution is -2.39. The number of hydrogen-bond acceptors (Lipinski definition) is 8. The van der Waals surface area contributed by atoms with Crippen LogP contribution in [0.1, 0.15) is 30.9 Å². The maximum Gasteiger partial charge on any atom is 0.243 e. The second-order valence-electron chi connectivity index (χ2n) is 10.2. The summed E-state index contributed by atoms with van der Waals surface area (Å²) in [6.45, 7) is 3.13. The van der Waals surface area contributed by atoms with E-state index in [1.807, 2.05) is 6.92 Å². The van der Waals surface area contributed by atoms with Crippen molar-refractivity contribution in [1.29, 1.82) is 0 Å². The first-order valence-corrected chi connectivity index (χ1v) is 16.2. The molecule has 1 atom stereocenters. The predicted octanol–water partition coefficient (Wildman–Crippen LogP) is 4.24. The largest absolute Gasteiger partial charge is 0.493 e. The Kier molecular flexibility index (Phi) is 8.46. The Morgan fingerprint density at radius 2 is 1.46 bits per heavy atom. The van der Waals surface area contributed by atoms with E-state index < -0.39 is 20.0 Å². The first-order valence-electron chi connectivity index (χ1n) is 13.3. The number of piperidine rings is 1. The minimum absolute atomic E-state index is 0.00955. The van der Waals surface area contributed by atoms with Gasteiger partial charge in [-0.1, -0.05) is 19.1 Å². The number of fused-ring (bicyclic) bond motifs is 1. The fourth-order valence-electron chi connectivity index (χ4n) is 5.10. The zero-order chi connectivity index (χ0) is 29.2. The van der Waals surface area contributed by atoms with Gasteiger partial charge < -0.3 is 18.9 Å². The average molecular weight is 603 g/mol. The Hall–Kier alpha value is -3.32. The van der Waals surface area contributed by atoms with E-state index in [1.165, 1.54) is 47.1 Å². The predicted molar refractivity (Wildman–Crippen MR) is 152 cm³/mol. The molecule has 0 amide bonds. The van der Waals surface area contributed by atoms with Gasteiger partial charge in [0.2, 0.25) is 26.8 Å². The number of ether oxygens (including phenoxy) is 4. The SMILES string of the molecule is COc1ccc(CN(Cc2ccc3c(c2)OCO3)S(=O)(=O)c2ccc(S(=O)(=O)N3CCCC(C)C3)cc2)cc1OC. The number of rotatable bonds is 10. The van der Waals surface area contributed by atoms with Crippen LogP contribution in [0.5, 0.6) is 23.0 Å². The van der Waals surface area contributed by atoms with Crippen molar-refractivity contribution in [3.8, 4) is 23.0 Å². The lowest BCUT2D eigenvalue weighted by molar-refractivity contribution is 0.174. The van der Waals surface area contributed by atoms with E-state index in [2.05, 4.69) is 0 Å². The Labute approximate surface area is 241 Å². The number of nitrogens with zero attached hydrogens (tertiary/aromatic N) is 2. The molecule has 3 aromatic rings. The summed E-state index contributed by atoms with van der Waals surface area (Å²) >= 11 is 0. The molecule has 1 saturated heterocycles. The third kappa shape index (κ3) is 6.15. The lowest BCUT2D eigenvalue weighted by Gasteiger charge is -2.30. The highest BCUT2D eigenvalue weighted by atomic mass is 32.2. The van der Waals surface area contributed by atoms with Gasteiger partial charge in [0.05, 0.1) is 24.0 Å². The summed E-state index contributed by atoms with van der Waals surface area (Å²) in [5.74, 6) is 2.43. The average Bonchev–Trinajstić information content (AvgIpc) is 3.45. The highest BCUT2D eigenvalue weighted by Crippen LogP contribution is 2.34. The van der Waals surface area contributed by atoms with Gasteiger partial charge in [0.1, 0.15) is 0 Å². The van der Waals surface area contributed by atoms with Crippen LogP contribution in [-0.2, 0) is 33.1 Å². The van der Waals surface area contributed by atoms with Gasteiger partial charge in [-0.15, -0.1) is 0 Å². The summed E-state index contributed by atoms with van der Waals surface area (Å²) in [7, 11) is -4.74. The second-order valence-corrected chi connectivity index (χ2v) is 14.1. The normalized spacial score (nSPS) is 17.5. The molecule has 0 bridgehead atoms. The molecule has 0 radical (unpaired) electrons. The van der Waals surface area contributed by atoms with Gasteiger partial charge in [-0.3, -0.25) is 0 Å². The van der Waals surface area contributed by atoms with E-state index in [4.69, 9.17) is 18.9 Å². The summed E-state index contributed by atoms with van der Waals surface area (Å²) in [5.41, 5.74) is 1.39. The third-order valence-corrected chi connectivity index (χ3v) is 11.0. The van der Waals surface area contributed by atoms with Crippen LogP contribution < -0.4 is 18.9 Å². The van der Waals surface area contributed by atoms with Crippen molar-refractivity contribution in [2.45, 2.75) is 42.6 Å². The van der Waals surface area contributed by atoms with Gasteiger partial charge in [-0.25, -0.2) is 16.8 Å². The maximum absolute atomic E-state index is 14.0. The van der Waals surface area contributed by atoms with E-state index >= 15 is 0 Å². The molecule has 0 aliphatic carbocycles. The number of sulfonamides is 2. The van der Waals surface area contributed by atoms with Crippen LogP contribution in [0.3, 0.4) is 0 Å². The topological polar surface area (TPSA) is 112 Å². The smallest absolute Gasteiger partial charge is 0.243 e. The summed E-state index contributed by atoms with van der Waals surface area (Å²) in [4.78, 5) is 0.0671. The first-order chi connectivity index (χ1) is 19.6. The molecule has 12 heteroatoms. The third-order valence-electron chi connectivity index (χ3n) is 7.32. The van der Waals surface area contributed by atoms with Crippen LogP contribution >= 0.6 is 0 Å². The minimum Gasteiger partial charge on any atom is -0.493 e. The van der Waals surface area contributed by atoms with E-state index in [0.717, 1.165) is 12.8 Å². The molecule has 10 nitrogen and oxygen atoms in total. The Bertz CT molecular complexity index is 1610. The highest BCUT2D eigenvalue weighted by Gasteiger charge is 2.30. The molecule has 220 valence electrons. The van der Waals surface area contributed by atoms with Crippen LogP contribution in [0, 0.1) is 5.92 Å². The first kappa shape index (κ1) is 29.2. The van der Waals surface area contributed by atoms with Crippen molar-refractivity contribution in [2.75, 3.05) is 34.1 Å². The van der Waals surface area contributed by atoms with Gasteiger partial charge in [0.25, 0.3) is 0 Å². The standard InChI is InChI=1S/C29H34N2O8S2/c1-21-5-4-14-30(17-21)40(32,33)24-8-10-25(11-9-24)41(34,35)31(18-22-6-12-26(36-2)28(15-22)37-3)19-23-7-13-27-29(16-23)39-20-38-27/h6-13,15-16,21H,4-5,14,17-20H2,1-3H3. The van der Waals surface area contributed by atoms with Gasteiger partial charge in [0, 0.05) is 26.2 Å². The Morgan fingerprint density at radius 1 is 0.829 bits per heavy atom. The molecule has 0 N–H and O–H groups in total. The highest BCUT2D eigenvalue weighted by molar-refractivity contribution is 7.89. The molecule has 5 rings (SSSR count). The summed E-state index contributed by atoms with van der Waals surface area (Å²) in [6, 6.07) is 16.0. The van der Waals surface area contributed by atoms with Gasteiger partial charge >= 0.3 is 0 Å². The quantitative estimate of drug-likeness (QED) is 0.339. The second kappa shape index (κ2) is 11.9. The van der Waals surface area contributed by atoms with E-state index in [0.29, 0.717) is 47.2 Å². The van der Waals surface area contributed by atoms with Crippen LogP contribution in [0.25, 0.3) is 0 Å². The summed E-state index contributed by atoms with van der Waals surface area (Å²) in [6.07, 6.45) is 1.79.